The minimum absolute atomic E-state index is 0.160. The van der Waals surface area contributed by atoms with Crippen molar-refractivity contribution in [2.24, 2.45) is 11.5 Å². The maximum atomic E-state index is 11.8. The van der Waals surface area contributed by atoms with Crippen LogP contribution in [0.5, 0.6) is 5.75 Å². The van der Waals surface area contributed by atoms with E-state index in [1.165, 1.54) is 5.56 Å². The van der Waals surface area contributed by atoms with Gasteiger partial charge in [0, 0.05) is 28.1 Å². The van der Waals surface area contributed by atoms with Gasteiger partial charge in [0.1, 0.15) is 12.4 Å². The van der Waals surface area contributed by atoms with Crippen LogP contribution in [0.4, 0.5) is 0 Å². The molecule has 36 heavy (non-hydrogen) atoms. The highest BCUT2D eigenvalue weighted by Gasteiger charge is 2.15. The average molecular weight is 478 g/mol. The number of aryl methyl sites for hydroxylation is 1. The lowest BCUT2D eigenvalue weighted by atomic mass is 9.97. The fourth-order valence-corrected chi connectivity index (χ4v) is 4.29. The largest absolute Gasteiger partial charge is 0.490 e. The number of rotatable bonds is 8. The van der Waals surface area contributed by atoms with Gasteiger partial charge in [-0.05, 0) is 54.8 Å². The predicted octanol–water partition coefficient (Wildman–Crippen LogP) is 4.65. The zero-order valence-electron chi connectivity index (χ0n) is 19.9. The second-order valence-corrected chi connectivity index (χ2v) is 8.84. The molecule has 0 unspecified atom stereocenters. The van der Waals surface area contributed by atoms with Gasteiger partial charge in [-0.2, -0.15) is 5.10 Å². The summed E-state index contributed by atoms with van der Waals surface area (Å²) in [6.45, 7) is 2.32. The van der Waals surface area contributed by atoms with Gasteiger partial charge in [-0.3, -0.25) is 14.9 Å². The molecule has 2 heterocycles. The lowest BCUT2D eigenvalue weighted by Crippen LogP contribution is -2.30. The molecule has 1 atom stereocenters. The Morgan fingerprint density at radius 3 is 2.64 bits per heavy atom. The molecule has 0 saturated carbocycles. The Balaban J connectivity index is 1.50. The summed E-state index contributed by atoms with van der Waals surface area (Å²) in [6.07, 6.45) is 2.40. The quantitative estimate of drug-likeness (QED) is 0.301. The molecule has 5 rings (SSSR count). The third kappa shape index (κ3) is 4.96. The first-order valence-corrected chi connectivity index (χ1v) is 11.8. The van der Waals surface area contributed by atoms with Gasteiger partial charge in [0.05, 0.1) is 23.1 Å². The third-order valence-corrected chi connectivity index (χ3v) is 6.15. The summed E-state index contributed by atoms with van der Waals surface area (Å²) in [5, 5.41) is 8.38. The van der Waals surface area contributed by atoms with E-state index in [9.17, 15) is 4.79 Å². The monoisotopic (exact) mass is 477 g/mol. The molecule has 2 aromatic heterocycles. The number of benzene rings is 3. The number of pyridine rings is 1. The number of nitrogens with one attached hydrogen (secondary N) is 1. The molecule has 0 aliphatic rings. The molecule has 3 aromatic carbocycles. The summed E-state index contributed by atoms with van der Waals surface area (Å²) < 4.78 is 6.07. The van der Waals surface area contributed by atoms with Gasteiger partial charge in [0.2, 0.25) is 5.91 Å². The first-order chi connectivity index (χ1) is 17.5. The summed E-state index contributed by atoms with van der Waals surface area (Å²) in [5.74, 6) is 0.133. The number of carbonyl (C=O) groups is 1. The van der Waals surface area contributed by atoms with Gasteiger partial charge in [0.15, 0.2) is 0 Å². The van der Waals surface area contributed by atoms with Crippen LogP contribution in [0.3, 0.4) is 0 Å². The van der Waals surface area contributed by atoms with Gasteiger partial charge >= 0.3 is 0 Å². The number of hydrogen-bond donors (Lipinski definition) is 3. The van der Waals surface area contributed by atoms with Gasteiger partial charge in [0.25, 0.3) is 0 Å². The third-order valence-electron chi connectivity index (χ3n) is 6.15. The number of fused-ring (bicyclic) bond motifs is 1. The molecule has 0 aliphatic heterocycles. The second kappa shape index (κ2) is 10.0. The molecule has 5 N–H and O–H groups in total. The molecular weight excluding hydrogens is 450 g/mol. The van der Waals surface area contributed by atoms with Crippen molar-refractivity contribution in [1.82, 2.24) is 15.2 Å². The van der Waals surface area contributed by atoms with E-state index >= 15 is 0 Å². The molecule has 0 fully saturated rings. The van der Waals surface area contributed by atoms with E-state index < -0.39 is 5.91 Å². The summed E-state index contributed by atoms with van der Waals surface area (Å²) in [5.41, 5.74) is 18.7. The molecule has 0 spiro atoms. The summed E-state index contributed by atoms with van der Waals surface area (Å²) in [6, 6.07) is 25.2. The van der Waals surface area contributed by atoms with Crippen molar-refractivity contribution in [3.63, 3.8) is 0 Å². The van der Waals surface area contributed by atoms with E-state index in [1.807, 2.05) is 49.4 Å². The van der Waals surface area contributed by atoms with Crippen molar-refractivity contribution in [3.8, 4) is 28.1 Å². The van der Waals surface area contributed by atoms with Crippen LogP contribution in [-0.4, -0.2) is 33.7 Å². The molecule has 5 aromatic rings. The summed E-state index contributed by atoms with van der Waals surface area (Å²) >= 11 is 0. The molecule has 7 heteroatoms. The zero-order valence-corrected chi connectivity index (χ0v) is 19.9. The van der Waals surface area contributed by atoms with Gasteiger partial charge in [-0.1, -0.05) is 48.5 Å². The van der Waals surface area contributed by atoms with Crippen LogP contribution < -0.4 is 16.2 Å². The first kappa shape index (κ1) is 23.3. The molecular formula is C29H27N5O2. The Bertz CT molecular complexity index is 1530. The van der Waals surface area contributed by atoms with Crippen LogP contribution in [0.1, 0.15) is 21.6 Å². The van der Waals surface area contributed by atoms with E-state index in [2.05, 4.69) is 28.4 Å². The number of aromatic nitrogens is 3. The lowest BCUT2D eigenvalue weighted by Gasteiger charge is -2.16. The number of aromatic amines is 1. The minimum Gasteiger partial charge on any atom is -0.490 e. The normalized spacial score (nSPS) is 11.9. The number of ether oxygens (including phenoxy) is 1. The maximum Gasteiger partial charge on any atom is 0.248 e. The van der Waals surface area contributed by atoms with E-state index in [1.54, 1.807) is 24.4 Å². The van der Waals surface area contributed by atoms with Crippen LogP contribution >= 0.6 is 0 Å². The molecule has 7 nitrogen and oxygen atoms in total. The van der Waals surface area contributed by atoms with Gasteiger partial charge in [-0.25, -0.2) is 0 Å². The SMILES string of the molecule is Cc1n[nH]c2ccc(-c3cc(OC[C@@H](N)Cc4ccccc4)cnc3-c3cccc(C(N)=O)c3)cc12. The fourth-order valence-electron chi connectivity index (χ4n) is 4.29. The number of hydrogen-bond acceptors (Lipinski definition) is 5. The number of primary amides is 1. The van der Waals surface area contributed by atoms with E-state index in [4.69, 9.17) is 21.2 Å². The summed E-state index contributed by atoms with van der Waals surface area (Å²) in [4.78, 5) is 16.5. The van der Waals surface area contributed by atoms with Crippen molar-refractivity contribution in [3.05, 3.63) is 102 Å². The predicted molar refractivity (Wildman–Crippen MR) is 142 cm³/mol. The molecule has 0 radical (unpaired) electrons. The Labute approximate surface area is 209 Å². The first-order valence-electron chi connectivity index (χ1n) is 11.8. The maximum absolute atomic E-state index is 11.8. The van der Waals surface area contributed by atoms with Gasteiger partial charge in [-0.15, -0.1) is 0 Å². The van der Waals surface area contributed by atoms with Crippen LogP contribution in [0, 0.1) is 6.92 Å². The number of nitrogens with zero attached hydrogens (tertiary/aromatic N) is 2. The molecule has 0 bridgehead atoms. The highest BCUT2D eigenvalue weighted by atomic mass is 16.5. The molecule has 1 amide bonds. The Hall–Kier alpha value is -4.49. The Morgan fingerprint density at radius 1 is 1.00 bits per heavy atom. The number of amides is 1. The van der Waals surface area contributed by atoms with Crippen LogP contribution in [0.25, 0.3) is 33.3 Å². The fraction of sp³-hybridized carbons (Fsp3) is 0.138. The van der Waals surface area contributed by atoms with Crippen LogP contribution in [0.15, 0.2) is 85.1 Å². The van der Waals surface area contributed by atoms with Crippen molar-refractivity contribution >= 4 is 16.8 Å². The molecule has 0 aliphatic carbocycles. The summed E-state index contributed by atoms with van der Waals surface area (Å²) in [7, 11) is 0. The standard InChI is InChI=1S/C29H27N5O2/c1-18-25-14-20(10-11-27(25)34-33-18)26-15-24(36-17-23(30)12-19-6-3-2-4-7-19)16-32-28(26)21-8-5-9-22(13-21)29(31)35/h2-11,13-16,23H,12,17,30H2,1H3,(H2,31,35)(H,33,34)/t23-/m0/s1. The van der Waals surface area contributed by atoms with Crippen molar-refractivity contribution in [2.75, 3.05) is 6.61 Å². The molecule has 180 valence electrons. The second-order valence-electron chi connectivity index (χ2n) is 8.84. The van der Waals surface area contributed by atoms with Crippen LogP contribution in [-0.2, 0) is 6.42 Å². The average Bonchev–Trinajstić information content (AvgIpc) is 3.28. The smallest absolute Gasteiger partial charge is 0.248 e. The Morgan fingerprint density at radius 2 is 1.83 bits per heavy atom. The van der Waals surface area contributed by atoms with E-state index in [-0.39, 0.29) is 6.04 Å². The minimum atomic E-state index is -0.485. The topological polar surface area (TPSA) is 120 Å². The highest BCUT2D eigenvalue weighted by molar-refractivity contribution is 5.95. The van der Waals surface area contributed by atoms with Crippen molar-refractivity contribution in [2.45, 2.75) is 19.4 Å². The zero-order chi connectivity index (χ0) is 25.1. The van der Waals surface area contributed by atoms with E-state index in [0.29, 0.717) is 17.9 Å². The van der Waals surface area contributed by atoms with Gasteiger partial charge < -0.3 is 16.2 Å². The van der Waals surface area contributed by atoms with Crippen molar-refractivity contribution in [1.29, 1.82) is 0 Å². The number of carbonyl (C=O) groups excluding carboxylic acids is 1. The van der Waals surface area contributed by atoms with Crippen molar-refractivity contribution < 1.29 is 9.53 Å². The number of H-pyrrole nitrogens is 1. The lowest BCUT2D eigenvalue weighted by molar-refractivity contribution is 0.100. The molecule has 0 saturated heterocycles. The highest BCUT2D eigenvalue weighted by Crippen LogP contribution is 2.35. The Kier molecular flexibility index (Phi) is 6.47. The van der Waals surface area contributed by atoms with Crippen LogP contribution in [0.2, 0.25) is 0 Å². The number of nitrogens with two attached hydrogens (primary N) is 2. The van der Waals surface area contributed by atoms with E-state index in [0.717, 1.165) is 45.4 Å².